The first-order chi connectivity index (χ1) is 13.0. The van der Waals surface area contributed by atoms with Crippen molar-refractivity contribution in [1.29, 1.82) is 10.5 Å². The van der Waals surface area contributed by atoms with Gasteiger partial charge in [0.25, 0.3) is 5.91 Å². The highest BCUT2D eigenvalue weighted by molar-refractivity contribution is 8.03. The molecule has 8 heteroatoms. The number of anilines is 3. The van der Waals surface area contributed by atoms with Crippen LogP contribution >= 0.6 is 11.8 Å². The number of benzene rings is 2. The van der Waals surface area contributed by atoms with Gasteiger partial charge in [-0.1, -0.05) is 0 Å². The minimum absolute atomic E-state index is 0.238. The standard InChI is InChI=1S/C19H15N5O2S/c1-13(25)24(17-6-2-15(22)3-7-17)19(26)14(10-20)11-23-16-4-8-18(9-5-16)27-12-21/h2-9,11,23H,22H2,1H3/b14-11-. The van der Waals surface area contributed by atoms with Crippen LogP contribution in [-0.4, -0.2) is 11.8 Å². The predicted molar refractivity (Wildman–Crippen MR) is 104 cm³/mol. The molecule has 0 heterocycles. The molecule has 0 saturated heterocycles. The van der Waals surface area contributed by atoms with E-state index < -0.39 is 11.8 Å². The number of nitrogen functional groups attached to an aromatic ring is 1. The van der Waals surface area contributed by atoms with Crippen molar-refractivity contribution in [1.82, 2.24) is 0 Å². The van der Waals surface area contributed by atoms with E-state index in [0.29, 0.717) is 17.1 Å². The number of hydrogen-bond donors (Lipinski definition) is 2. The number of rotatable bonds is 5. The molecule has 0 aliphatic rings. The maximum absolute atomic E-state index is 12.7. The van der Waals surface area contributed by atoms with Gasteiger partial charge in [-0.2, -0.15) is 10.5 Å². The number of nitrogens with zero attached hydrogens (tertiary/aromatic N) is 3. The lowest BCUT2D eigenvalue weighted by Gasteiger charge is -2.19. The number of carbonyl (C=O) groups excluding carboxylic acids is 2. The molecule has 0 saturated carbocycles. The molecule has 0 atom stereocenters. The van der Waals surface area contributed by atoms with Crippen molar-refractivity contribution in [2.24, 2.45) is 0 Å². The second kappa shape index (κ2) is 9.09. The first-order valence-corrected chi connectivity index (χ1v) is 8.51. The Bertz CT molecular complexity index is 954. The topological polar surface area (TPSA) is 123 Å². The Kier molecular flexibility index (Phi) is 6.59. The Morgan fingerprint density at radius 1 is 1.11 bits per heavy atom. The zero-order valence-electron chi connectivity index (χ0n) is 14.3. The molecule has 2 aromatic rings. The van der Waals surface area contributed by atoms with Crippen LogP contribution in [0.1, 0.15) is 6.92 Å². The van der Waals surface area contributed by atoms with Crippen LogP contribution in [0, 0.1) is 22.0 Å². The summed E-state index contributed by atoms with van der Waals surface area (Å²) in [4.78, 5) is 26.3. The van der Waals surface area contributed by atoms with Gasteiger partial charge in [0.1, 0.15) is 17.0 Å². The highest BCUT2D eigenvalue weighted by Crippen LogP contribution is 2.21. The fourth-order valence-electron chi connectivity index (χ4n) is 2.16. The van der Waals surface area contributed by atoms with E-state index in [4.69, 9.17) is 11.0 Å². The van der Waals surface area contributed by atoms with Gasteiger partial charge in [0, 0.05) is 29.4 Å². The quantitative estimate of drug-likeness (QED) is 0.269. The molecule has 0 bridgehead atoms. The van der Waals surface area contributed by atoms with Crippen molar-refractivity contribution in [3.05, 3.63) is 60.3 Å². The summed E-state index contributed by atoms with van der Waals surface area (Å²) in [6, 6.07) is 14.9. The average molecular weight is 377 g/mol. The van der Waals surface area contributed by atoms with Crippen molar-refractivity contribution < 1.29 is 9.59 Å². The zero-order valence-corrected chi connectivity index (χ0v) is 15.2. The molecule has 0 aliphatic carbocycles. The molecule has 2 rings (SSSR count). The van der Waals surface area contributed by atoms with Crippen LogP contribution in [0.15, 0.2) is 65.2 Å². The fourth-order valence-corrected chi connectivity index (χ4v) is 2.53. The number of nitrogens with one attached hydrogen (secondary N) is 1. The van der Waals surface area contributed by atoms with Crippen LogP contribution < -0.4 is 16.0 Å². The van der Waals surface area contributed by atoms with Crippen LogP contribution in [-0.2, 0) is 9.59 Å². The zero-order chi connectivity index (χ0) is 19.8. The van der Waals surface area contributed by atoms with Crippen molar-refractivity contribution in [3.8, 4) is 11.5 Å². The minimum atomic E-state index is -0.751. The number of thiocyanates is 1. The van der Waals surface area contributed by atoms with E-state index in [9.17, 15) is 14.9 Å². The summed E-state index contributed by atoms with van der Waals surface area (Å²) in [6.45, 7) is 1.24. The van der Waals surface area contributed by atoms with Crippen molar-refractivity contribution in [3.63, 3.8) is 0 Å². The van der Waals surface area contributed by atoms with Gasteiger partial charge in [0.15, 0.2) is 0 Å². The molecule has 0 aromatic heterocycles. The molecule has 27 heavy (non-hydrogen) atoms. The number of imide groups is 1. The molecule has 0 spiro atoms. The molecule has 2 aromatic carbocycles. The van der Waals surface area contributed by atoms with E-state index >= 15 is 0 Å². The van der Waals surface area contributed by atoms with Gasteiger partial charge < -0.3 is 11.1 Å². The first kappa shape index (κ1) is 19.6. The number of hydrogen-bond acceptors (Lipinski definition) is 7. The third kappa shape index (κ3) is 5.11. The van der Waals surface area contributed by atoms with Crippen LogP contribution in [0.2, 0.25) is 0 Å². The van der Waals surface area contributed by atoms with E-state index in [1.807, 2.05) is 5.40 Å². The molecular formula is C19H15N5O2S. The summed E-state index contributed by atoms with van der Waals surface area (Å²) in [5, 5.41) is 22.8. The smallest absolute Gasteiger partial charge is 0.277 e. The number of nitriles is 2. The number of nitrogens with two attached hydrogens (primary N) is 1. The van der Waals surface area contributed by atoms with E-state index in [0.717, 1.165) is 21.6 Å². The van der Waals surface area contributed by atoms with Crippen molar-refractivity contribution in [2.45, 2.75) is 11.8 Å². The van der Waals surface area contributed by atoms with E-state index in [-0.39, 0.29) is 5.57 Å². The number of carbonyl (C=O) groups is 2. The first-order valence-electron chi connectivity index (χ1n) is 7.69. The summed E-state index contributed by atoms with van der Waals surface area (Å²) in [5.41, 5.74) is 6.82. The molecule has 0 fully saturated rings. The van der Waals surface area contributed by atoms with Crippen molar-refractivity contribution in [2.75, 3.05) is 16.0 Å². The highest BCUT2D eigenvalue weighted by Gasteiger charge is 2.23. The second-order valence-corrected chi connectivity index (χ2v) is 6.14. The largest absolute Gasteiger partial charge is 0.399 e. The third-order valence-electron chi connectivity index (χ3n) is 3.42. The molecule has 3 N–H and O–H groups in total. The molecule has 134 valence electrons. The summed E-state index contributed by atoms with van der Waals surface area (Å²) in [5.74, 6) is -1.28. The van der Waals surface area contributed by atoms with Gasteiger partial charge in [-0.15, -0.1) is 0 Å². The van der Waals surface area contributed by atoms with Gasteiger partial charge in [0.2, 0.25) is 5.91 Å². The van der Waals surface area contributed by atoms with Crippen LogP contribution in [0.4, 0.5) is 17.1 Å². The molecule has 7 nitrogen and oxygen atoms in total. The van der Waals surface area contributed by atoms with Gasteiger partial charge in [-0.25, -0.2) is 4.90 Å². The second-order valence-electron chi connectivity index (χ2n) is 5.28. The summed E-state index contributed by atoms with van der Waals surface area (Å²) < 4.78 is 0. The summed E-state index contributed by atoms with van der Waals surface area (Å²) >= 11 is 1.03. The summed E-state index contributed by atoms with van der Waals surface area (Å²) in [7, 11) is 0. The molecule has 0 radical (unpaired) electrons. The third-order valence-corrected chi connectivity index (χ3v) is 4.02. The maximum Gasteiger partial charge on any atom is 0.277 e. The SMILES string of the molecule is CC(=O)N(C(=O)/C(C#N)=C\Nc1ccc(SC#N)cc1)c1ccc(N)cc1. The molecule has 2 amide bonds. The Balaban J connectivity index is 2.23. The minimum Gasteiger partial charge on any atom is -0.399 e. The van der Waals surface area contributed by atoms with E-state index in [1.54, 1.807) is 42.5 Å². The van der Waals surface area contributed by atoms with Crippen molar-refractivity contribution >= 4 is 40.6 Å². The normalized spacial score (nSPS) is 10.4. The van der Waals surface area contributed by atoms with Crippen LogP contribution in [0.5, 0.6) is 0 Å². The lowest BCUT2D eigenvalue weighted by Crippen LogP contribution is -2.36. The van der Waals surface area contributed by atoms with Gasteiger partial charge in [-0.3, -0.25) is 9.59 Å². The van der Waals surface area contributed by atoms with E-state index in [2.05, 4.69) is 5.32 Å². The lowest BCUT2D eigenvalue weighted by molar-refractivity contribution is -0.123. The van der Waals surface area contributed by atoms with Gasteiger partial charge >= 0.3 is 0 Å². The Morgan fingerprint density at radius 3 is 2.26 bits per heavy atom. The van der Waals surface area contributed by atoms with E-state index in [1.165, 1.54) is 25.3 Å². The Hall–Kier alpha value is -3.75. The number of thioether (sulfide) groups is 1. The summed E-state index contributed by atoms with van der Waals surface area (Å²) in [6.07, 6.45) is 1.24. The lowest BCUT2D eigenvalue weighted by atomic mass is 10.2. The van der Waals surface area contributed by atoms with Crippen LogP contribution in [0.3, 0.4) is 0 Å². The molecular weight excluding hydrogens is 362 g/mol. The average Bonchev–Trinajstić information content (AvgIpc) is 2.65. The fraction of sp³-hybridized carbons (Fsp3) is 0.0526. The highest BCUT2D eigenvalue weighted by atomic mass is 32.2. The van der Waals surface area contributed by atoms with Gasteiger partial charge in [0.05, 0.1) is 5.69 Å². The Morgan fingerprint density at radius 2 is 1.74 bits per heavy atom. The number of amides is 2. The Labute approximate surface area is 160 Å². The maximum atomic E-state index is 12.7. The molecule has 0 unspecified atom stereocenters. The molecule has 0 aliphatic heterocycles. The van der Waals surface area contributed by atoms with Crippen LogP contribution in [0.25, 0.3) is 0 Å². The monoisotopic (exact) mass is 377 g/mol. The van der Waals surface area contributed by atoms with Gasteiger partial charge in [-0.05, 0) is 60.3 Å². The predicted octanol–water partition coefficient (Wildman–Crippen LogP) is 3.24.